The summed E-state index contributed by atoms with van der Waals surface area (Å²) >= 11 is 0. The van der Waals surface area contributed by atoms with Crippen molar-refractivity contribution in [2.45, 2.75) is 53.5 Å². The molecule has 0 saturated carbocycles. The molecule has 0 aromatic heterocycles. The van der Waals surface area contributed by atoms with E-state index in [0.717, 1.165) is 23.8 Å². The van der Waals surface area contributed by atoms with Crippen LogP contribution in [0.2, 0.25) is 0 Å². The highest BCUT2D eigenvalue weighted by Gasteiger charge is 2.27. The average Bonchev–Trinajstić information content (AvgIpc) is 2.09. The molecule has 1 saturated heterocycles. The monoisotopic (exact) mass is 197 g/mol. The predicted molar refractivity (Wildman–Crippen MR) is 63.4 cm³/mol. The zero-order chi connectivity index (χ0) is 10.7. The van der Waals surface area contributed by atoms with Gasteiger partial charge in [0.1, 0.15) is 0 Å². The van der Waals surface area contributed by atoms with E-state index in [1.54, 1.807) is 0 Å². The first-order valence-electron chi connectivity index (χ1n) is 6.24. The second-order valence-electron chi connectivity index (χ2n) is 5.72. The van der Waals surface area contributed by atoms with Crippen molar-refractivity contribution in [3.63, 3.8) is 0 Å². The molecule has 0 spiro atoms. The van der Waals surface area contributed by atoms with E-state index in [4.69, 9.17) is 0 Å². The first kappa shape index (κ1) is 12.0. The molecule has 1 heterocycles. The van der Waals surface area contributed by atoms with Crippen molar-refractivity contribution in [1.29, 1.82) is 0 Å². The van der Waals surface area contributed by atoms with Crippen LogP contribution in [-0.4, -0.2) is 24.0 Å². The van der Waals surface area contributed by atoms with Gasteiger partial charge >= 0.3 is 0 Å². The second-order valence-corrected chi connectivity index (χ2v) is 5.72. The van der Waals surface area contributed by atoms with Gasteiger partial charge in [-0.3, -0.25) is 0 Å². The molecular formula is C13H27N. The molecule has 0 N–H and O–H groups in total. The molecule has 1 aliphatic rings. The highest BCUT2D eigenvalue weighted by atomic mass is 15.2. The average molecular weight is 197 g/mol. The lowest BCUT2D eigenvalue weighted by molar-refractivity contribution is 0.0818. The molecule has 1 aliphatic heterocycles. The van der Waals surface area contributed by atoms with Gasteiger partial charge in [-0.25, -0.2) is 0 Å². The summed E-state index contributed by atoms with van der Waals surface area (Å²) in [5.41, 5.74) is 0. The Morgan fingerprint density at radius 2 is 1.79 bits per heavy atom. The van der Waals surface area contributed by atoms with Crippen LogP contribution in [0.15, 0.2) is 0 Å². The maximum atomic E-state index is 2.69. The molecule has 0 aliphatic carbocycles. The quantitative estimate of drug-likeness (QED) is 0.670. The molecule has 1 unspecified atom stereocenters. The third kappa shape index (κ3) is 3.27. The van der Waals surface area contributed by atoms with Gasteiger partial charge in [0.25, 0.3) is 0 Å². The molecule has 1 fully saturated rings. The highest BCUT2D eigenvalue weighted by Crippen LogP contribution is 2.27. The number of rotatable bonds is 3. The minimum absolute atomic E-state index is 0.806. The van der Waals surface area contributed by atoms with E-state index in [2.05, 4.69) is 39.5 Å². The van der Waals surface area contributed by atoms with Crippen LogP contribution in [0.1, 0.15) is 47.5 Å². The standard InChI is InChI=1S/C13H27N/c1-10(2)6-7-14-9-12(4)11(3)8-13(14)5/h10-13H,6-9H2,1-5H3/t11?,12-,13+/m1/s1. The Bertz CT molecular complexity index is 165. The molecule has 0 bridgehead atoms. The van der Waals surface area contributed by atoms with Gasteiger partial charge in [0, 0.05) is 12.6 Å². The summed E-state index contributed by atoms with van der Waals surface area (Å²) < 4.78 is 0. The molecule has 0 aromatic rings. The van der Waals surface area contributed by atoms with Crippen molar-refractivity contribution in [3.8, 4) is 0 Å². The van der Waals surface area contributed by atoms with Crippen LogP contribution in [0.5, 0.6) is 0 Å². The van der Waals surface area contributed by atoms with E-state index in [0.29, 0.717) is 0 Å². The van der Waals surface area contributed by atoms with Crippen LogP contribution in [0.3, 0.4) is 0 Å². The number of likely N-dealkylation sites (tertiary alicyclic amines) is 1. The van der Waals surface area contributed by atoms with Gasteiger partial charge < -0.3 is 4.90 Å². The Labute approximate surface area is 89.9 Å². The van der Waals surface area contributed by atoms with Crippen molar-refractivity contribution >= 4 is 0 Å². The van der Waals surface area contributed by atoms with E-state index >= 15 is 0 Å². The molecule has 1 rings (SSSR count). The van der Waals surface area contributed by atoms with Gasteiger partial charge in [-0.1, -0.05) is 27.7 Å². The summed E-state index contributed by atoms with van der Waals surface area (Å²) in [6.45, 7) is 14.5. The summed E-state index contributed by atoms with van der Waals surface area (Å²) in [4.78, 5) is 2.69. The molecular weight excluding hydrogens is 170 g/mol. The van der Waals surface area contributed by atoms with Crippen LogP contribution in [0.25, 0.3) is 0 Å². The molecule has 14 heavy (non-hydrogen) atoms. The molecule has 0 radical (unpaired) electrons. The number of hydrogen-bond donors (Lipinski definition) is 0. The lowest BCUT2D eigenvalue weighted by Gasteiger charge is -2.40. The Hall–Kier alpha value is -0.0400. The summed E-state index contributed by atoms with van der Waals surface area (Å²) in [7, 11) is 0. The van der Waals surface area contributed by atoms with E-state index in [-0.39, 0.29) is 0 Å². The first-order chi connectivity index (χ1) is 6.50. The normalized spacial score (nSPS) is 35.1. The Balaban J connectivity index is 2.37. The fourth-order valence-corrected chi connectivity index (χ4v) is 2.38. The Morgan fingerprint density at radius 1 is 1.14 bits per heavy atom. The molecule has 1 heteroatoms. The molecule has 0 aromatic carbocycles. The number of piperidine rings is 1. The van der Waals surface area contributed by atoms with Crippen molar-refractivity contribution in [3.05, 3.63) is 0 Å². The van der Waals surface area contributed by atoms with Crippen LogP contribution in [0.4, 0.5) is 0 Å². The van der Waals surface area contributed by atoms with Gasteiger partial charge in [0.2, 0.25) is 0 Å². The van der Waals surface area contributed by atoms with Gasteiger partial charge in [-0.2, -0.15) is 0 Å². The van der Waals surface area contributed by atoms with Gasteiger partial charge in [-0.05, 0) is 44.1 Å². The lowest BCUT2D eigenvalue weighted by atomic mass is 9.84. The fraction of sp³-hybridized carbons (Fsp3) is 1.00. The minimum Gasteiger partial charge on any atom is -0.300 e. The molecule has 0 amide bonds. The maximum Gasteiger partial charge on any atom is 0.00696 e. The maximum absolute atomic E-state index is 2.69. The highest BCUT2D eigenvalue weighted by molar-refractivity contribution is 4.81. The van der Waals surface area contributed by atoms with Gasteiger partial charge in [0.15, 0.2) is 0 Å². The third-order valence-corrected chi connectivity index (χ3v) is 3.82. The van der Waals surface area contributed by atoms with E-state index < -0.39 is 0 Å². The first-order valence-corrected chi connectivity index (χ1v) is 6.24. The second kappa shape index (κ2) is 5.16. The Kier molecular flexibility index (Phi) is 4.43. The lowest BCUT2D eigenvalue weighted by Crippen LogP contribution is -2.45. The topological polar surface area (TPSA) is 3.24 Å². The van der Waals surface area contributed by atoms with Gasteiger partial charge in [-0.15, -0.1) is 0 Å². The molecule has 84 valence electrons. The van der Waals surface area contributed by atoms with Crippen molar-refractivity contribution in [2.24, 2.45) is 17.8 Å². The summed E-state index contributed by atoms with van der Waals surface area (Å²) in [5.74, 6) is 2.65. The van der Waals surface area contributed by atoms with Crippen LogP contribution in [-0.2, 0) is 0 Å². The smallest absolute Gasteiger partial charge is 0.00696 e. The summed E-state index contributed by atoms with van der Waals surface area (Å²) in [5, 5.41) is 0. The van der Waals surface area contributed by atoms with Crippen LogP contribution in [0, 0.1) is 17.8 Å². The van der Waals surface area contributed by atoms with E-state index in [1.807, 2.05) is 0 Å². The zero-order valence-corrected chi connectivity index (χ0v) is 10.6. The fourth-order valence-electron chi connectivity index (χ4n) is 2.38. The number of nitrogens with zero attached hydrogens (tertiary/aromatic N) is 1. The Morgan fingerprint density at radius 3 is 2.36 bits per heavy atom. The van der Waals surface area contributed by atoms with Crippen LogP contribution < -0.4 is 0 Å². The third-order valence-electron chi connectivity index (χ3n) is 3.82. The van der Waals surface area contributed by atoms with Crippen molar-refractivity contribution in [1.82, 2.24) is 4.90 Å². The minimum atomic E-state index is 0.806. The predicted octanol–water partition coefficient (Wildman–Crippen LogP) is 3.40. The van der Waals surface area contributed by atoms with Gasteiger partial charge in [0.05, 0.1) is 0 Å². The molecule has 3 atom stereocenters. The summed E-state index contributed by atoms with van der Waals surface area (Å²) in [6, 6.07) is 0.806. The zero-order valence-electron chi connectivity index (χ0n) is 10.6. The van der Waals surface area contributed by atoms with Crippen LogP contribution >= 0.6 is 0 Å². The molecule has 1 nitrogen and oxygen atoms in total. The van der Waals surface area contributed by atoms with Crippen molar-refractivity contribution < 1.29 is 0 Å². The van der Waals surface area contributed by atoms with E-state index in [1.165, 1.54) is 25.9 Å². The van der Waals surface area contributed by atoms with E-state index in [9.17, 15) is 0 Å². The van der Waals surface area contributed by atoms with Crippen molar-refractivity contribution in [2.75, 3.05) is 13.1 Å². The SMILES string of the molecule is CC(C)CCN1C[C@@H](C)C(C)C[C@@H]1C. The summed E-state index contributed by atoms with van der Waals surface area (Å²) in [6.07, 6.45) is 2.74. The number of hydrogen-bond acceptors (Lipinski definition) is 1. The largest absolute Gasteiger partial charge is 0.300 e.